The zero-order valence-corrected chi connectivity index (χ0v) is 21.7. The van der Waals surface area contributed by atoms with Gasteiger partial charge in [0.05, 0.1) is 39.3 Å². The number of carbonyl (C=O) groups is 1. The average Bonchev–Trinajstić information content (AvgIpc) is 3.40. The summed E-state index contributed by atoms with van der Waals surface area (Å²) in [4.78, 5) is 29.4. The standard InChI is InChI=1S/C27H34N4O6/c1-18(2)31-16-19(15-28-31)23(14-25(33)36-4)27-26(34)24(32)13-22(37-27)17-29-9-11-30(12-10-29)20-5-7-21(35-3)8-6-20/h5-8,13,15-16,18,23,34H,9-12,14,17H2,1-4H3/t23-/m1/s1. The Balaban J connectivity index is 1.52. The Bertz CT molecular complexity index is 1260. The number of aromatic nitrogens is 2. The number of methoxy groups -OCH3 is 2. The molecular formula is C27H34N4O6. The summed E-state index contributed by atoms with van der Waals surface area (Å²) < 4.78 is 18.0. The van der Waals surface area contributed by atoms with E-state index < -0.39 is 23.1 Å². The van der Waals surface area contributed by atoms with E-state index in [1.807, 2.05) is 38.1 Å². The number of hydrogen-bond acceptors (Lipinski definition) is 9. The van der Waals surface area contributed by atoms with Gasteiger partial charge in [-0.15, -0.1) is 0 Å². The fourth-order valence-corrected chi connectivity index (χ4v) is 4.47. The highest BCUT2D eigenvalue weighted by atomic mass is 16.5. The van der Waals surface area contributed by atoms with Gasteiger partial charge in [0.1, 0.15) is 11.5 Å². The number of hydrogen-bond donors (Lipinski definition) is 1. The highest BCUT2D eigenvalue weighted by Gasteiger charge is 2.28. The number of nitrogens with zero attached hydrogens (tertiary/aromatic N) is 4. The van der Waals surface area contributed by atoms with Gasteiger partial charge in [-0.25, -0.2) is 0 Å². The average molecular weight is 511 g/mol. The molecule has 0 unspecified atom stereocenters. The van der Waals surface area contributed by atoms with Gasteiger partial charge in [0.25, 0.3) is 0 Å². The van der Waals surface area contributed by atoms with Gasteiger partial charge in [0, 0.05) is 55.7 Å². The molecule has 2 aromatic heterocycles. The van der Waals surface area contributed by atoms with Gasteiger partial charge in [-0.05, 0) is 38.1 Å². The lowest BCUT2D eigenvalue weighted by molar-refractivity contribution is -0.140. The maximum atomic E-state index is 12.7. The van der Waals surface area contributed by atoms with Crippen LogP contribution in [0.15, 0.2) is 51.9 Å². The maximum Gasteiger partial charge on any atom is 0.306 e. The molecule has 10 nitrogen and oxygen atoms in total. The van der Waals surface area contributed by atoms with Crippen LogP contribution in [0.3, 0.4) is 0 Å². The number of aromatic hydroxyl groups is 1. The molecule has 1 atom stereocenters. The molecule has 0 bridgehead atoms. The van der Waals surface area contributed by atoms with Gasteiger partial charge in [0.2, 0.25) is 11.2 Å². The molecule has 1 aliphatic rings. The molecule has 1 aliphatic heterocycles. The third-order valence-corrected chi connectivity index (χ3v) is 6.66. The largest absolute Gasteiger partial charge is 0.502 e. The highest BCUT2D eigenvalue weighted by Crippen LogP contribution is 2.34. The number of piperazine rings is 1. The lowest BCUT2D eigenvalue weighted by Gasteiger charge is -2.36. The minimum Gasteiger partial charge on any atom is -0.502 e. The van der Waals surface area contributed by atoms with Gasteiger partial charge in [0.15, 0.2) is 5.76 Å². The Morgan fingerprint density at radius 2 is 1.84 bits per heavy atom. The molecule has 1 fully saturated rings. The number of rotatable bonds is 9. The van der Waals surface area contributed by atoms with Gasteiger partial charge < -0.3 is 23.9 Å². The molecular weight excluding hydrogens is 476 g/mol. The zero-order chi connectivity index (χ0) is 26.5. The van der Waals surface area contributed by atoms with E-state index in [0.29, 0.717) is 17.9 Å². The Hall–Kier alpha value is -3.79. The second kappa shape index (κ2) is 11.5. The van der Waals surface area contributed by atoms with Crippen molar-refractivity contribution in [3.63, 3.8) is 0 Å². The van der Waals surface area contributed by atoms with E-state index in [9.17, 15) is 14.7 Å². The predicted molar refractivity (Wildman–Crippen MR) is 138 cm³/mol. The first-order chi connectivity index (χ1) is 17.8. The molecule has 1 saturated heterocycles. The quantitative estimate of drug-likeness (QED) is 0.434. The van der Waals surface area contributed by atoms with Gasteiger partial charge in [-0.3, -0.25) is 19.2 Å². The molecule has 0 radical (unpaired) electrons. The van der Waals surface area contributed by atoms with E-state index in [1.165, 1.54) is 13.2 Å². The molecule has 0 aliphatic carbocycles. The van der Waals surface area contributed by atoms with E-state index in [2.05, 4.69) is 14.9 Å². The lowest BCUT2D eigenvalue weighted by atomic mass is 9.94. The Labute approximate surface area is 216 Å². The van der Waals surface area contributed by atoms with Gasteiger partial charge in [-0.1, -0.05) is 0 Å². The van der Waals surface area contributed by atoms with E-state index in [0.717, 1.165) is 37.6 Å². The summed E-state index contributed by atoms with van der Waals surface area (Å²) >= 11 is 0. The fourth-order valence-electron chi connectivity index (χ4n) is 4.47. The van der Waals surface area contributed by atoms with Crippen LogP contribution in [0.25, 0.3) is 0 Å². The Morgan fingerprint density at radius 1 is 1.14 bits per heavy atom. The number of carbonyl (C=O) groups excluding carboxylic acids is 1. The van der Waals surface area contributed by atoms with Crippen molar-refractivity contribution < 1.29 is 23.8 Å². The van der Waals surface area contributed by atoms with Crippen LogP contribution in [0.2, 0.25) is 0 Å². The number of ether oxygens (including phenoxy) is 2. The fraction of sp³-hybridized carbons (Fsp3) is 0.444. The van der Waals surface area contributed by atoms with E-state index in [-0.39, 0.29) is 18.2 Å². The van der Waals surface area contributed by atoms with Crippen LogP contribution in [0.4, 0.5) is 5.69 Å². The minimum absolute atomic E-state index is 0.0491. The van der Waals surface area contributed by atoms with Gasteiger partial charge >= 0.3 is 5.97 Å². The monoisotopic (exact) mass is 510 g/mol. The number of anilines is 1. The van der Waals surface area contributed by atoms with Crippen LogP contribution in [0.5, 0.6) is 11.5 Å². The molecule has 3 heterocycles. The Morgan fingerprint density at radius 3 is 2.43 bits per heavy atom. The van der Waals surface area contributed by atoms with Crippen LogP contribution >= 0.6 is 0 Å². The van der Waals surface area contributed by atoms with Crippen molar-refractivity contribution in [2.45, 2.75) is 38.8 Å². The summed E-state index contributed by atoms with van der Waals surface area (Å²) in [5.74, 6) is -0.388. The summed E-state index contributed by atoms with van der Waals surface area (Å²) in [6.07, 6.45) is 3.32. The van der Waals surface area contributed by atoms with Crippen molar-refractivity contribution in [2.75, 3.05) is 45.3 Å². The summed E-state index contributed by atoms with van der Waals surface area (Å²) in [6.45, 7) is 7.58. The normalized spacial score (nSPS) is 15.1. The van der Waals surface area contributed by atoms with Crippen LogP contribution in [-0.4, -0.2) is 66.2 Å². The molecule has 37 heavy (non-hydrogen) atoms. The van der Waals surface area contributed by atoms with Crippen LogP contribution in [0, 0.1) is 0 Å². The first-order valence-electron chi connectivity index (χ1n) is 12.4. The molecule has 4 rings (SSSR count). The molecule has 0 spiro atoms. The smallest absolute Gasteiger partial charge is 0.306 e. The van der Waals surface area contributed by atoms with Crippen molar-refractivity contribution in [2.24, 2.45) is 0 Å². The highest BCUT2D eigenvalue weighted by molar-refractivity contribution is 5.71. The summed E-state index contributed by atoms with van der Waals surface area (Å²) in [5, 5.41) is 15.0. The minimum atomic E-state index is -0.709. The number of esters is 1. The summed E-state index contributed by atoms with van der Waals surface area (Å²) in [7, 11) is 2.95. The third-order valence-electron chi connectivity index (χ3n) is 6.66. The second-order valence-corrected chi connectivity index (χ2v) is 9.43. The Kier molecular flexibility index (Phi) is 8.17. The van der Waals surface area contributed by atoms with Crippen molar-refractivity contribution in [1.82, 2.24) is 14.7 Å². The van der Waals surface area contributed by atoms with E-state index in [1.54, 1.807) is 24.2 Å². The van der Waals surface area contributed by atoms with E-state index >= 15 is 0 Å². The topological polar surface area (TPSA) is 110 Å². The molecule has 1 N–H and O–H groups in total. The molecule has 198 valence electrons. The van der Waals surface area contributed by atoms with Crippen LogP contribution in [0.1, 0.15) is 49.3 Å². The van der Waals surface area contributed by atoms with Crippen molar-refractivity contribution >= 4 is 11.7 Å². The van der Waals surface area contributed by atoms with Crippen molar-refractivity contribution in [3.05, 3.63) is 70.0 Å². The van der Waals surface area contributed by atoms with Crippen molar-refractivity contribution in [3.8, 4) is 11.5 Å². The molecule has 0 saturated carbocycles. The van der Waals surface area contributed by atoms with Gasteiger partial charge in [-0.2, -0.15) is 5.10 Å². The molecule has 3 aromatic rings. The SMILES string of the molecule is COC(=O)C[C@H](c1cnn(C(C)C)c1)c1oc(CN2CCN(c3ccc(OC)cc3)CC2)cc(=O)c1O. The third kappa shape index (κ3) is 6.14. The molecule has 0 amide bonds. The summed E-state index contributed by atoms with van der Waals surface area (Å²) in [6, 6.07) is 9.41. The van der Waals surface area contributed by atoms with Crippen molar-refractivity contribution in [1.29, 1.82) is 0 Å². The zero-order valence-electron chi connectivity index (χ0n) is 21.7. The summed E-state index contributed by atoms with van der Waals surface area (Å²) in [5.41, 5.74) is 1.24. The van der Waals surface area contributed by atoms with E-state index in [4.69, 9.17) is 13.9 Å². The first kappa shape index (κ1) is 26.3. The maximum absolute atomic E-state index is 12.7. The molecule has 1 aromatic carbocycles. The van der Waals surface area contributed by atoms with Crippen LogP contribution in [-0.2, 0) is 16.1 Å². The van der Waals surface area contributed by atoms with Crippen LogP contribution < -0.4 is 15.1 Å². The second-order valence-electron chi connectivity index (χ2n) is 9.43. The number of benzene rings is 1. The molecule has 10 heteroatoms. The first-order valence-corrected chi connectivity index (χ1v) is 12.4. The lowest BCUT2D eigenvalue weighted by Crippen LogP contribution is -2.46. The predicted octanol–water partition coefficient (Wildman–Crippen LogP) is 3.15.